The van der Waals surface area contributed by atoms with E-state index in [1.807, 2.05) is 13.0 Å². The maximum Gasteiger partial charge on any atom is 0.123 e. The van der Waals surface area contributed by atoms with Gasteiger partial charge in [-0.15, -0.1) is 0 Å². The molecule has 1 unspecified atom stereocenters. The molecule has 0 spiro atoms. The fourth-order valence-electron chi connectivity index (χ4n) is 2.29. The molecule has 1 fully saturated rings. The number of rotatable bonds is 6. The lowest BCUT2D eigenvalue weighted by atomic mass is 9.85. The van der Waals surface area contributed by atoms with Crippen LogP contribution < -0.4 is 10.1 Å². The molecule has 1 aliphatic rings. The fourth-order valence-corrected chi connectivity index (χ4v) is 2.29. The quantitative estimate of drug-likeness (QED) is 0.846. The lowest BCUT2D eigenvalue weighted by Gasteiger charge is -2.27. The molecule has 1 aliphatic carbocycles. The Morgan fingerprint density at radius 3 is 2.48 bits per heavy atom. The molecule has 0 saturated heterocycles. The average Bonchev–Trinajstić information content (AvgIpc) is 3.18. The first-order chi connectivity index (χ1) is 9.67. The second kappa shape index (κ2) is 5.98. The number of ether oxygens (including phenoxy) is 1. The van der Waals surface area contributed by atoms with Crippen molar-refractivity contribution in [3.05, 3.63) is 29.3 Å². The molecular weight excluding hydrogens is 262 g/mol. The van der Waals surface area contributed by atoms with E-state index in [1.54, 1.807) is 0 Å². The summed E-state index contributed by atoms with van der Waals surface area (Å²) in [6.07, 6.45) is 2.45. The maximum atomic E-state index is 10.4. The van der Waals surface area contributed by atoms with Crippen molar-refractivity contribution in [2.45, 2.75) is 64.5 Å². The summed E-state index contributed by atoms with van der Waals surface area (Å²) in [5.41, 5.74) is 1.60. The zero-order valence-corrected chi connectivity index (χ0v) is 14.0. The molecule has 21 heavy (non-hydrogen) atoms. The first-order valence-corrected chi connectivity index (χ1v) is 7.87. The summed E-state index contributed by atoms with van der Waals surface area (Å²) in [6, 6.07) is 6.84. The molecule has 2 rings (SSSR count). The Kier molecular flexibility index (Phi) is 4.64. The minimum Gasteiger partial charge on any atom is -0.490 e. The van der Waals surface area contributed by atoms with Crippen molar-refractivity contribution >= 4 is 0 Å². The van der Waals surface area contributed by atoms with E-state index in [-0.39, 0.29) is 5.41 Å². The van der Waals surface area contributed by atoms with Crippen LogP contribution in [0.4, 0.5) is 0 Å². The van der Waals surface area contributed by atoms with Gasteiger partial charge in [-0.2, -0.15) is 0 Å². The average molecular weight is 291 g/mol. The summed E-state index contributed by atoms with van der Waals surface area (Å²) in [7, 11) is 0. The first kappa shape index (κ1) is 16.3. The van der Waals surface area contributed by atoms with Crippen LogP contribution in [0.15, 0.2) is 18.2 Å². The standard InChI is InChI=1S/C18H29NO2/c1-13-6-9-16(15(10-13)17(2,3)4)21-12-18(5,20)11-19-14-7-8-14/h6,9-10,14,19-20H,7-8,11-12H2,1-5H3. The fraction of sp³-hybridized carbons (Fsp3) is 0.667. The molecule has 118 valence electrons. The normalized spacial score (nSPS) is 18.4. The third-order valence-corrected chi connectivity index (χ3v) is 3.83. The van der Waals surface area contributed by atoms with Crippen molar-refractivity contribution in [3.63, 3.8) is 0 Å². The predicted octanol–water partition coefficient (Wildman–Crippen LogP) is 3.17. The Balaban J connectivity index is 2.01. The summed E-state index contributed by atoms with van der Waals surface area (Å²) in [4.78, 5) is 0. The van der Waals surface area contributed by atoms with E-state index in [0.29, 0.717) is 19.2 Å². The van der Waals surface area contributed by atoms with Gasteiger partial charge < -0.3 is 15.2 Å². The number of hydrogen-bond acceptors (Lipinski definition) is 3. The third kappa shape index (κ3) is 5.01. The summed E-state index contributed by atoms with van der Waals surface area (Å²) in [6.45, 7) is 11.3. The summed E-state index contributed by atoms with van der Waals surface area (Å²) >= 11 is 0. The minimum absolute atomic E-state index is 0.0273. The summed E-state index contributed by atoms with van der Waals surface area (Å²) < 4.78 is 5.95. The van der Waals surface area contributed by atoms with Gasteiger partial charge in [0.2, 0.25) is 0 Å². The molecule has 0 amide bonds. The topological polar surface area (TPSA) is 41.5 Å². The zero-order valence-electron chi connectivity index (χ0n) is 14.0. The predicted molar refractivity (Wildman–Crippen MR) is 87.0 cm³/mol. The Hall–Kier alpha value is -1.06. The van der Waals surface area contributed by atoms with Crippen LogP contribution in [0, 0.1) is 6.92 Å². The monoisotopic (exact) mass is 291 g/mol. The van der Waals surface area contributed by atoms with Crippen molar-refractivity contribution < 1.29 is 9.84 Å². The molecule has 2 N–H and O–H groups in total. The van der Waals surface area contributed by atoms with E-state index in [4.69, 9.17) is 4.74 Å². The highest BCUT2D eigenvalue weighted by Gasteiger charge is 2.28. The van der Waals surface area contributed by atoms with E-state index >= 15 is 0 Å². The highest BCUT2D eigenvalue weighted by Crippen LogP contribution is 2.32. The molecule has 1 saturated carbocycles. The number of aryl methyl sites for hydroxylation is 1. The molecule has 1 aromatic rings. The number of aliphatic hydroxyl groups is 1. The van der Waals surface area contributed by atoms with Crippen LogP contribution in [0.25, 0.3) is 0 Å². The lowest BCUT2D eigenvalue weighted by Crippen LogP contribution is -2.43. The molecule has 3 nitrogen and oxygen atoms in total. The summed E-state index contributed by atoms with van der Waals surface area (Å²) in [5.74, 6) is 0.875. The summed E-state index contributed by atoms with van der Waals surface area (Å²) in [5, 5.41) is 13.8. The van der Waals surface area contributed by atoms with Gasteiger partial charge in [-0.25, -0.2) is 0 Å². The van der Waals surface area contributed by atoms with E-state index in [2.05, 4.69) is 45.1 Å². The van der Waals surface area contributed by atoms with E-state index in [9.17, 15) is 5.11 Å². The molecule has 1 atom stereocenters. The Labute approximate surface area is 128 Å². The van der Waals surface area contributed by atoms with Crippen LogP contribution in [-0.4, -0.2) is 29.9 Å². The van der Waals surface area contributed by atoms with Gasteiger partial charge in [-0.1, -0.05) is 38.5 Å². The molecule has 0 heterocycles. The van der Waals surface area contributed by atoms with Gasteiger partial charge in [0.15, 0.2) is 0 Å². The van der Waals surface area contributed by atoms with Crippen LogP contribution in [0.2, 0.25) is 0 Å². The van der Waals surface area contributed by atoms with Gasteiger partial charge in [0.1, 0.15) is 18.0 Å². The molecule has 0 radical (unpaired) electrons. The molecule has 0 aliphatic heterocycles. The van der Waals surface area contributed by atoms with Crippen molar-refractivity contribution in [3.8, 4) is 5.75 Å². The number of hydrogen-bond donors (Lipinski definition) is 2. The van der Waals surface area contributed by atoms with Gasteiger partial charge in [0.25, 0.3) is 0 Å². The highest BCUT2D eigenvalue weighted by molar-refractivity contribution is 5.41. The van der Waals surface area contributed by atoms with E-state index < -0.39 is 5.60 Å². The molecule has 0 bridgehead atoms. The first-order valence-electron chi connectivity index (χ1n) is 7.87. The smallest absolute Gasteiger partial charge is 0.123 e. The third-order valence-electron chi connectivity index (χ3n) is 3.83. The maximum absolute atomic E-state index is 10.4. The van der Waals surface area contributed by atoms with Crippen molar-refractivity contribution in [2.75, 3.05) is 13.2 Å². The van der Waals surface area contributed by atoms with Gasteiger partial charge in [-0.05, 0) is 43.7 Å². The van der Waals surface area contributed by atoms with Crippen molar-refractivity contribution in [1.82, 2.24) is 5.32 Å². The molecule has 3 heteroatoms. The van der Waals surface area contributed by atoms with E-state index in [0.717, 1.165) is 5.75 Å². The van der Waals surface area contributed by atoms with E-state index in [1.165, 1.54) is 24.0 Å². The second-order valence-corrected chi connectivity index (χ2v) is 7.69. The Bertz CT molecular complexity index is 484. The van der Waals surface area contributed by atoms with Crippen LogP contribution in [0.1, 0.15) is 51.7 Å². The Morgan fingerprint density at radius 2 is 1.90 bits per heavy atom. The molecule has 0 aromatic heterocycles. The van der Waals surface area contributed by atoms with Crippen LogP contribution in [0.3, 0.4) is 0 Å². The second-order valence-electron chi connectivity index (χ2n) is 7.69. The Morgan fingerprint density at radius 1 is 1.24 bits per heavy atom. The van der Waals surface area contributed by atoms with Crippen molar-refractivity contribution in [2.24, 2.45) is 0 Å². The zero-order chi connectivity index (χ0) is 15.7. The van der Waals surface area contributed by atoms with Gasteiger partial charge in [0, 0.05) is 12.6 Å². The number of nitrogens with one attached hydrogen (secondary N) is 1. The van der Waals surface area contributed by atoms with Gasteiger partial charge >= 0.3 is 0 Å². The molecule has 1 aromatic carbocycles. The van der Waals surface area contributed by atoms with Crippen LogP contribution in [0.5, 0.6) is 5.75 Å². The van der Waals surface area contributed by atoms with Crippen molar-refractivity contribution in [1.29, 1.82) is 0 Å². The molecular formula is C18H29NO2. The SMILES string of the molecule is Cc1ccc(OCC(C)(O)CNC2CC2)c(C(C)(C)C)c1. The van der Waals surface area contributed by atoms with Gasteiger partial charge in [-0.3, -0.25) is 0 Å². The van der Waals surface area contributed by atoms with Crippen LogP contribution >= 0.6 is 0 Å². The van der Waals surface area contributed by atoms with Crippen LogP contribution in [-0.2, 0) is 5.41 Å². The number of benzene rings is 1. The largest absolute Gasteiger partial charge is 0.490 e. The highest BCUT2D eigenvalue weighted by atomic mass is 16.5. The minimum atomic E-state index is -0.845. The lowest BCUT2D eigenvalue weighted by molar-refractivity contribution is 0.0114. The van der Waals surface area contributed by atoms with Gasteiger partial charge in [0.05, 0.1) is 0 Å².